The van der Waals surface area contributed by atoms with Crippen LogP contribution in [0, 0.1) is 6.92 Å². The molecule has 1 amide bonds. The molecule has 1 aromatic carbocycles. The van der Waals surface area contributed by atoms with Crippen LogP contribution in [0.2, 0.25) is 0 Å². The van der Waals surface area contributed by atoms with Crippen LogP contribution < -0.4 is 5.32 Å². The van der Waals surface area contributed by atoms with Gasteiger partial charge in [-0.15, -0.1) is 11.3 Å². The van der Waals surface area contributed by atoms with Gasteiger partial charge in [0.25, 0.3) is 5.91 Å². The fourth-order valence-electron chi connectivity index (χ4n) is 1.91. The number of thiazole rings is 1. The van der Waals surface area contributed by atoms with Gasteiger partial charge in [0.15, 0.2) is 6.61 Å². The first-order chi connectivity index (χ1) is 11.0. The number of nitrogens with one attached hydrogen (secondary N) is 1. The van der Waals surface area contributed by atoms with E-state index in [1.165, 1.54) is 11.3 Å². The summed E-state index contributed by atoms with van der Waals surface area (Å²) in [5.41, 5.74) is 1.57. The minimum absolute atomic E-state index is 0.0658. The molecule has 23 heavy (non-hydrogen) atoms. The van der Waals surface area contributed by atoms with Gasteiger partial charge in [-0.25, -0.2) is 9.78 Å². The minimum atomic E-state index is -0.513. The largest absolute Gasteiger partial charge is 0.451 e. The smallest absolute Gasteiger partial charge is 0.350 e. The standard InChI is InChI=1S/C17H20N2O3S/c1-4-11(2)18-14(20)10-22-17(21)15-12(3)19-16(23-15)13-8-6-5-7-9-13/h5-9,11H,4,10H2,1-3H3,(H,18,20)/t11-/m1/s1. The van der Waals surface area contributed by atoms with E-state index < -0.39 is 5.97 Å². The number of nitrogens with zero attached hydrogens (tertiary/aromatic N) is 1. The monoisotopic (exact) mass is 332 g/mol. The first kappa shape index (κ1) is 17.1. The maximum Gasteiger partial charge on any atom is 0.350 e. The second-order valence-electron chi connectivity index (χ2n) is 5.25. The van der Waals surface area contributed by atoms with Crippen LogP contribution in [0.3, 0.4) is 0 Å². The Balaban J connectivity index is 2.00. The zero-order chi connectivity index (χ0) is 16.8. The summed E-state index contributed by atoms with van der Waals surface area (Å²) >= 11 is 1.27. The quantitative estimate of drug-likeness (QED) is 0.825. The van der Waals surface area contributed by atoms with Crippen LogP contribution in [0.1, 0.15) is 35.6 Å². The number of carbonyl (C=O) groups is 2. The third-order valence-corrected chi connectivity index (χ3v) is 4.54. The molecule has 1 atom stereocenters. The first-order valence-electron chi connectivity index (χ1n) is 7.50. The molecule has 0 aliphatic rings. The predicted molar refractivity (Wildman–Crippen MR) is 90.5 cm³/mol. The van der Waals surface area contributed by atoms with E-state index in [9.17, 15) is 9.59 Å². The van der Waals surface area contributed by atoms with Crippen LogP contribution in [-0.2, 0) is 9.53 Å². The molecule has 122 valence electrons. The van der Waals surface area contributed by atoms with Crippen molar-refractivity contribution in [1.82, 2.24) is 10.3 Å². The molecule has 0 aliphatic heterocycles. The van der Waals surface area contributed by atoms with Crippen molar-refractivity contribution in [2.45, 2.75) is 33.2 Å². The van der Waals surface area contributed by atoms with Crippen LogP contribution in [0.5, 0.6) is 0 Å². The molecule has 0 aliphatic carbocycles. The summed E-state index contributed by atoms with van der Waals surface area (Å²) in [6, 6.07) is 9.71. The lowest BCUT2D eigenvalue weighted by molar-refractivity contribution is -0.124. The van der Waals surface area contributed by atoms with Crippen LogP contribution in [-0.4, -0.2) is 29.5 Å². The number of rotatable bonds is 6. The number of amides is 1. The number of aryl methyl sites for hydroxylation is 1. The molecule has 0 fully saturated rings. The molecular formula is C17H20N2O3S. The summed E-state index contributed by atoms with van der Waals surface area (Å²) in [6.07, 6.45) is 0.827. The molecule has 5 nitrogen and oxygen atoms in total. The lowest BCUT2D eigenvalue weighted by Gasteiger charge is -2.11. The van der Waals surface area contributed by atoms with Gasteiger partial charge in [-0.1, -0.05) is 37.3 Å². The number of hydrogen-bond donors (Lipinski definition) is 1. The van der Waals surface area contributed by atoms with Crippen molar-refractivity contribution in [2.75, 3.05) is 6.61 Å². The zero-order valence-electron chi connectivity index (χ0n) is 13.5. The van der Waals surface area contributed by atoms with Crippen molar-refractivity contribution in [2.24, 2.45) is 0 Å². The van der Waals surface area contributed by atoms with Gasteiger partial charge in [0, 0.05) is 11.6 Å². The first-order valence-corrected chi connectivity index (χ1v) is 8.32. The van der Waals surface area contributed by atoms with Crippen molar-refractivity contribution in [3.8, 4) is 10.6 Å². The summed E-state index contributed by atoms with van der Waals surface area (Å²) in [6.45, 7) is 5.36. The molecule has 0 saturated heterocycles. The summed E-state index contributed by atoms with van der Waals surface area (Å²) in [4.78, 5) is 28.6. The van der Waals surface area contributed by atoms with Gasteiger partial charge in [-0.05, 0) is 20.3 Å². The normalized spacial score (nSPS) is 11.8. The lowest BCUT2D eigenvalue weighted by Crippen LogP contribution is -2.35. The molecule has 1 aromatic heterocycles. The topological polar surface area (TPSA) is 68.3 Å². The molecule has 2 rings (SSSR count). The van der Waals surface area contributed by atoms with Crippen LogP contribution in [0.15, 0.2) is 30.3 Å². The number of esters is 1. The SMILES string of the molecule is CC[C@@H](C)NC(=O)COC(=O)c1sc(-c2ccccc2)nc1C. The van der Waals surface area contributed by atoms with Gasteiger partial charge >= 0.3 is 5.97 Å². The number of aromatic nitrogens is 1. The van der Waals surface area contributed by atoms with Crippen LogP contribution >= 0.6 is 11.3 Å². The zero-order valence-corrected chi connectivity index (χ0v) is 14.3. The summed E-state index contributed by atoms with van der Waals surface area (Å²) in [7, 11) is 0. The third-order valence-electron chi connectivity index (χ3n) is 3.36. The highest BCUT2D eigenvalue weighted by Gasteiger charge is 2.18. The van der Waals surface area contributed by atoms with Gasteiger partial charge < -0.3 is 10.1 Å². The summed E-state index contributed by atoms with van der Waals surface area (Å²) in [5.74, 6) is -0.806. The fourth-order valence-corrected chi connectivity index (χ4v) is 2.87. The van der Waals surface area contributed by atoms with E-state index >= 15 is 0 Å². The maximum atomic E-state index is 12.1. The van der Waals surface area contributed by atoms with E-state index in [4.69, 9.17) is 4.74 Å². The van der Waals surface area contributed by atoms with Crippen molar-refractivity contribution < 1.29 is 14.3 Å². The Kier molecular flexibility index (Phi) is 5.87. The Bertz CT molecular complexity index is 682. The Labute approximate surface area is 139 Å². The molecule has 2 aromatic rings. The average molecular weight is 332 g/mol. The minimum Gasteiger partial charge on any atom is -0.451 e. The number of ether oxygens (including phenoxy) is 1. The third kappa shape index (κ3) is 4.63. The second-order valence-corrected chi connectivity index (χ2v) is 6.25. The molecule has 1 N–H and O–H groups in total. The lowest BCUT2D eigenvalue weighted by atomic mass is 10.2. The highest BCUT2D eigenvalue weighted by atomic mass is 32.1. The number of benzene rings is 1. The van der Waals surface area contributed by atoms with E-state index in [0.717, 1.165) is 17.0 Å². The highest BCUT2D eigenvalue weighted by molar-refractivity contribution is 7.17. The Morgan fingerprint density at radius 2 is 2.00 bits per heavy atom. The summed E-state index contributed by atoms with van der Waals surface area (Å²) in [5, 5.41) is 3.52. The number of carbonyl (C=O) groups excluding carboxylic acids is 2. The van der Waals surface area contributed by atoms with Crippen molar-refractivity contribution in [3.63, 3.8) is 0 Å². The van der Waals surface area contributed by atoms with Crippen LogP contribution in [0.25, 0.3) is 10.6 Å². The molecule has 1 heterocycles. The van der Waals surface area contributed by atoms with Gasteiger partial charge in [0.2, 0.25) is 0 Å². The van der Waals surface area contributed by atoms with E-state index in [0.29, 0.717) is 10.6 Å². The van der Waals surface area contributed by atoms with E-state index in [2.05, 4.69) is 10.3 Å². The van der Waals surface area contributed by atoms with Gasteiger partial charge in [-0.3, -0.25) is 4.79 Å². The maximum absolute atomic E-state index is 12.1. The van der Waals surface area contributed by atoms with Crippen LogP contribution in [0.4, 0.5) is 0 Å². The van der Waals surface area contributed by atoms with Gasteiger partial charge in [-0.2, -0.15) is 0 Å². The van der Waals surface area contributed by atoms with E-state index in [-0.39, 0.29) is 18.6 Å². The van der Waals surface area contributed by atoms with E-state index in [1.807, 2.05) is 44.2 Å². The average Bonchev–Trinajstić information content (AvgIpc) is 2.95. The molecule has 0 bridgehead atoms. The Hall–Kier alpha value is -2.21. The molecular weight excluding hydrogens is 312 g/mol. The molecule has 0 radical (unpaired) electrons. The molecule has 0 unspecified atom stereocenters. The molecule has 6 heteroatoms. The molecule has 0 spiro atoms. The fraction of sp³-hybridized carbons (Fsp3) is 0.353. The Morgan fingerprint density at radius 1 is 1.30 bits per heavy atom. The summed E-state index contributed by atoms with van der Waals surface area (Å²) < 4.78 is 5.08. The Morgan fingerprint density at radius 3 is 2.65 bits per heavy atom. The second kappa shape index (κ2) is 7.87. The number of hydrogen-bond acceptors (Lipinski definition) is 5. The van der Waals surface area contributed by atoms with Crippen molar-refractivity contribution in [1.29, 1.82) is 0 Å². The van der Waals surface area contributed by atoms with Gasteiger partial charge in [0.05, 0.1) is 5.69 Å². The molecule has 0 saturated carbocycles. The van der Waals surface area contributed by atoms with Crippen molar-refractivity contribution >= 4 is 23.2 Å². The van der Waals surface area contributed by atoms with Crippen molar-refractivity contribution in [3.05, 3.63) is 40.9 Å². The highest BCUT2D eigenvalue weighted by Crippen LogP contribution is 2.28. The predicted octanol–water partition coefficient (Wildman–Crippen LogP) is 3.19. The van der Waals surface area contributed by atoms with E-state index in [1.54, 1.807) is 6.92 Å². The van der Waals surface area contributed by atoms with Gasteiger partial charge in [0.1, 0.15) is 9.88 Å².